The van der Waals surface area contributed by atoms with Gasteiger partial charge in [-0.25, -0.2) is 13.8 Å². The van der Waals surface area contributed by atoms with Crippen LogP contribution in [0.3, 0.4) is 0 Å². The van der Waals surface area contributed by atoms with E-state index in [9.17, 15) is 18.9 Å². The van der Waals surface area contributed by atoms with Gasteiger partial charge in [0, 0.05) is 6.07 Å². The summed E-state index contributed by atoms with van der Waals surface area (Å²) in [6.07, 6.45) is -3.01. The number of rotatable bonds is 2. The number of halogens is 2. The molecule has 0 atom stereocenters. The minimum Gasteiger partial charge on any atom is -0.378 e. The molecule has 0 aliphatic rings. The van der Waals surface area contributed by atoms with Crippen molar-refractivity contribution >= 4 is 11.5 Å². The van der Waals surface area contributed by atoms with Gasteiger partial charge >= 0.3 is 5.69 Å². The van der Waals surface area contributed by atoms with Crippen molar-refractivity contribution in [1.82, 2.24) is 4.98 Å². The Morgan fingerprint density at radius 1 is 1.67 bits per heavy atom. The van der Waals surface area contributed by atoms with E-state index in [1.165, 1.54) is 6.07 Å². The highest BCUT2D eigenvalue weighted by atomic mass is 19.3. The molecule has 0 saturated carbocycles. The molecule has 0 unspecified atom stereocenters. The predicted molar refractivity (Wildman–Crippen MR) is 45.0 cm³/mol. The van der Waals surface area contributed by atoms with E-state index >= 15 is 0 Å². The molecule has 1 aromatic rings. The zero-order valence-electron chi connectivity index (χ0n) is 7.15. The van der Waals surface area contributed by atoms with Gasteiger partial charge in [0.15, 0.2) is 5.69 Å². The number of nitro groups is 1. The Kier molecular flexibility index (Phi) is 2.75. The van der Waals surface area contributed by atoms with E-state index in [0.29, 0.717) is 6.07 Å². The first-order valence-electron chi connectivity index (χ1n) is 3.60. The normalized spacial score (nSPS) is 10.0. The molecule has 0 aliphatic heterocycles. The first-order chi connectivity index (χ1) is 6.97. The number of aromatic nitrogens is 1. The maximum Gasteiger partial charge on any atom is 0.311 e. The van der Waals surface area contributed by atoms with Gasteiger partial charge in [-0.3, -0.25) is 10.1 Å². The molecule has 0 saturated heterocycles. The highest BCUT2D eigenvalue weighted by Crippen LogP contribution is 2.28. The van der Waals surface area contributed by atoms with Crippen molar-refractivity contribution in [3.8, 4) is 6.07 Å². The van der Waals surface area contributed by atoms with Gasteiger partial charge in [-0.2, -0.15) is 5.26 Å². The van der Waals surface area contributed by atoms with E-state index in [1.54, 1.807) is 0 Å². The number of nitrogens with two attached hydrogens (primary N) is 1. The van der Waals surface area contributed by atoms with Gasteiger partial charge < -0.3 is 5.73 Å². The Bertz CT molecular complexity index is 455. The molecule has 0 aliphatic carbocycles. The number of alkyl halides is 2. The number of nitrogen functional groups attached to an aromatic ring is 1. The summed E-state index contributed by atoms with van der Waals surface area (Å²) in [4.78, 5) is 12.6. The van der Waals surface area contributed by atoms with Crippen molar-refractivity contribution in [2.75, 3.05) is 5.73 Å². The van der Waals surface area contributed by atoms with Crippen LogP contribution in [0.25, 0.3) is 0 Å². The zero-order chi connectivity index (χ0) is 11.6. The number of hydrogen-bond acceptors (Lipinski definition) is 5. The fraction of sp³-hybridized carbons (Fsp3) is 0.143. The largest absolute Gasteiger partial charge is 0.378 e. The van der Waals surface area contributed by atoms with Crippen LogP contribution in [0.4, 0.5) is 20.3 Å². The molecular weight excluding hydrogens is 210 g/mol. The minimum absolute atomic E-state index is 0.555. The first kappa shape index (κ1) is 10.8. The summed E-state index contributed by atoms with van der Waals surface area (Å²) in [6, 6.07) is 1.95. The van der Waals surface area contributed by atoms with Crippen LogP contribution in [0.15, 0.2) is 6.07 Å². The van der Waals surface area contributed by atoms with Gasteiger partial charge in [0.05, 0.1) is 10.5 Å². The Balaban J connectivity index is 3.45. The quantitative estimate of drug-likeness (QED) is 0.591. The van der Waals surface area contributed by atoms with E-state index in [2.05, 4.69) is 4.98 Å². The fourth-order valence-electron chi connectivity index (χ4n) is 0.934. The second kappa shape index (κ2) is 3.83. The van der Waals surface area contributed by atoms with Crippen LogP contribution in [0, 0.1) is 21.4 Å². The number of hydrogen-bond donors (Lipinski definition) is 1. The van der Waals surface area contributed by atoms with Gasteiger partial charge in [-0.15, -0.1) is 0 Å². The second-order valence-electron chi connectivity index (χ2n) is 2.50. The molecule has 78 valence electrons. The molecule has 0 aromatic carbocycles. The number of nitrogens with zero attached hydrogens (tertiary/aromatic N) is 3. The molecule has 0 fully saturated rings. The highest BCUT2D eigenvalue weighted by molar-refractivity contribution is 5.56. The molecule has 0 radical (unpaired) electrons. The SMILES string of the molecule is N#Cc1nc(N)c([N+](=O)[O-])cc1C(F)F. The molecule has 15 heavy (non-hydrogen) atoms. The average molecular weight is 214 g/mol. The van der Waals surface area contributed by atoms with Gasteiger partial charge in [-0.05, 0) is 0 Å². The second-order valence-corrected chi connectivity index (χ2v) is 2.50. The maximum absolute atomic E-state index is 12.3. The summed E-state index contributed by atoms with van der Waals surface area (Å²) in [6.45, 7) is 0. The van der Waals surface area contributed by atoms with Crippen LogP contribution in [-0.4, -0.2) is 9.91 Å². The molecule has 0 spiro atoms. The summed E-state index contributed by atoms with van der Waals surface area (Å²) in [5, 5.41) is 18.8. The van der Waals surface area contributed by atoms with Gasteiger partial charge in [0.2, 0.25) is 5.82 Å². The fourth-order valence-corrected chi connectivity index (χ4v) is 0.934. The summed E-state index contributed by atoms with van der Waals surface area (Å²) >= 11 is 0. The number of nitriles is 1. The molecule has 0 bridgehead atoms. The van der Waals surface area contributed by atoms with Gasteiger partial charge in [0.1, 0.15) is 6.07 Å². The average Bonchev–Trinajstić information content (AvgIpc) is 2.16. The van der Waals surface area contributed by atoms with E-state index in [1.807, 2.05) is 0 Å². The Morgan fingerprint density at radius 2 is 2.27 bits per heavy atom. The molecule has 1 heterocycles. The van der Waals surface area contributed by atoms with Crippen LogP contribution in [0.1, 0.15) is 17.7 Å². The smallest absolute Gasteiger partial charge is 0.311 e. The van der Waals surface area contributed by atoms with Gasteiger partial charge in [0.25, 0.3) is 6.43 Å². The third kappa shape index (κ3) is 1.96. The summed E-state index contributed by atoms with van der Waals surface area (Å²) < 4.78 is 24.7. The van der Waals surface area contributed by atoms with Crippen molar-refractivity contribution < 1.29 is 13.7 Å². The minimum atomic E-state index is -3.01. The van der Waals surface area contributed by atoms with Crippen LogP contribution in [0.5, 0.6) is 0 Å². The zero-order valence-corrected chi connectivity index (χ0v) is 7.15. The molecule has 0 amide bonds. The standard InChI is InChI=1S/C7H4F2N4O2/c8-6(9)3-1-5(13(14)15)7(11)12-4(3)2-10/h1,6H,(H2,11,12). The molecular formula is C7H4F2N4O2. The highest BCUT2D eigenvalue weighted by Gasteiger charge is 2.22. The summed E-state index contributed by atoms with van der Waals surface area (Å²) in [5.41, 5.74) is 2.99. The van der Waals surface area contributed by atoms with Crippen LogP contribution < -0.4 is 5.73 Å². The molecule has 1 rings (SSSR count). The van der Waals surface area contributed by atoms with E-state index < -0.39 is 34.1 Å². The first-order valence-corrected chi connectivity index (χ1v) is 3.60. The van der Waals surface area contributed by atoms with Crippen molar-refractivity contribution in [3.05, 3.63) is 27.4 Å². The molecule has 2 N–H and O–H groups in total. The lowest BCUT2D eigenvalue weighted by molar-refractivity contribution is -0.384. The predicted octanol–water partition coefficient (Wildman–Crippen LogP) is 1.38. The third-order valence-corrected chi connectivity index (χ3v) is 1.60. The van der Waals surface area contributed by atoms with E-state index in [-0.39, 0.29) is 0 Å². The molecule has 6 nitrogen and oxygen atoms in total. The number of anilines is 1. The monoisotopic (exact) mass is 214 g/mol. The Hall–Kier alpha value is -2.30. The van der Waals surface area contributed by atoms with Crippen LogP contribution in [-0.2, 0) is 0 Å². The topological polar surface area (TPSA) is 106 Å². The Labute approximate surface area is 82.1 Å². The summed E-state index contributed by atoms with van der Waals surface area (Å²) in [5.74, 6) is -0.555. The van der Waals surface area contributed by atoms with Crippen molar-refractivity contribution in [1.29, 1.82) is 5.26 Å². The Morgan fingerprint density at radius 3 is 2.67 bits per heavy atom. The van der Waals surface area contributed by atoms with E-state index in [4.69, 9.17) is 11.0 Å². The lowest BCUT2D eigenvalue weighted by Crippen LogP contribution is -2.04. The van der Waals surface area contributed by atoms with Crippen LogP contribution in [0.2, 0.25) is 0 Å². The van der Waals surface area contributed by atoms with Gasteiger partial charge in [-0.1, -0.05) is 0 Å². The molecule has 1 aromatic heterocycles. The van der Waals surface area contributed by atoms with Crippen molar-refractivity contribution in [2.45, 2.75) is 6.43 Å². The third-order valence-electron chi connectivity index (χ3n) is 1.60. The maximum atomic E-state index is 12.3. The number of pyridine rings is 1. The summed E-state index contributed by atoms with van der Waals surface area (Å²) in [7, 11) is 0. The van der Waals surface area contributed by atoms with Crippen molar-refractivity contribution in [2.24, 2.45) is 0 Å². The lowest BCUT2D eigenvalue weighted by atomic mass is 10.2. The lowest BCUT2D eigenvalue weighted by Gasteiger charge is -2.03. The van der Waals surface area contributed by atoms with Crippen LogP contribution >= 0.6 is 0 Å². The molecule has 8 heteroatoms. The van der Waals surface area contributed by atoms with E-state index in [0.717, 1.165) is 0 Å². The van der Waals surface area contributed by atoms with Crippen molar-refractivity contribution in [3.63, 3.8) is 0 Å².